The number of carbonyl (C=O) groups is 1. The van der Waals surface area contributed by atoms with E-state index in [4.69, 9.17) is 4.42 Å². The molecule has 1 aromatic carbocycles. The van der Waals surface area contributed by atoms with Crippen molar-refractivity contribution in [3.63, 3.8) is 0 Å². The summed E-state index contributed by atoms with van der Waals surface area (Å²) in [5.41, 5.74) is 2.12. The van der Waals surface area contributed by atoms with Gasteiger partial charge in [-0.3, -0.25) is 9.69 Å². The number of hydrogen-bond acceptors (Lipinski definition) is 4. The molecular weight excluding hydrogens is 302 g/mol. The predicted octanol–water partition coefficient (Wildman–Crippen LogP) is 3.00. The lowest BCUT2D eigenvalue weighted by Crippen LogP contribution is -2.42. The minimum atomic E-state index is 0.230. The Morgan fingerprint density at radius 3 is 2.71 bits per heavy atom. The van der Waals surface area contributed by atoms with Gasteiger partial charge in [0.15, 0.2) is 5.89 Å². The average molecular weight is 327 g/mol. The molecule has 1 saturated heterocycles. The minimum absolute atomic E-state index is 0.230. The van der Waals surface area contributed by atoms with Crippen molar-refractivity contribution in [3.8, 4) is 0 Å². The number of aromatic nitrogens is 1. The summed E-state index contributed by atoms with van der Waals surface area (Å²) >= 11 is 0. The van der Waals surface area contributed by atoms with Crippen molar-refractivity contribution in [1.82, 2.24) is 14.8 Å². The zero-order valence-electron chi connectivity index (χ0n) is 14.4. The minimum Gasteiger partial charge on any atom is -0.449 e. The van der Waals surface area contributed by atoms with Gasteiger partial charge in [0.2, 0.25) is 5.91 Å². The third kappa shape index (κ3) is 4.03. The number of oxazole rings is 1. The Hall–Kier alpha value is -2.14. The number of hydrogen-bond donors (Lipinski definition) is 0. The topological polar surface area (TPSA) is 49.6 Å². The Balaban J connectivity index is 1.71. The molecule has 1 aromatic heterocycles. The van der Waals surface area contributed by atoms with Gasteiger partial charge in [0.1, 0.15) is 6.26 Å². The molecule has 0 bridgehead atoms. The van der Waals surface area contributed by atoms with Gasteiger partial charge in [-0.25, -0.2) is 4.98 Å². The first-order valence-electron chi connectivity index (χ1n) is 8.62. The molecule has 24 heavy (non-hydrogen) atoms. The second-order valence-electron chi connectivity index (χ2n) is 6.41. The van der Waals surface area contributed by atoms with Gasteiger partial charge in [-0.05, 0) is 12.0 Å². The van der Waals surface area contributed by atoms with Crippen LogP contribution in [0.1, 0.15) is 36.9 Å². The smallest absolute Gasteiger partial charge is 0.224 e. The van der Waals surface area contributed by atoms with Gasteiger partial charge >= 0.3 is 0 Å². The molecule has 1 aliphatic heterocycles. The zero-order valence-corrected chi connectivity index (χ0v) is 14.4. The number of carbonyl (C=O) groups excluding carboxylic acids is 1. The molecule has 3 rings (SSSR count). The van der Waals surface area contributed by atoms with Crippen LogP contribution in [0.3, 0.4) is 0 Å². The van der Waals surface area contributed by atoms with E-state index in [0.29, 0.717) is 18.9 Å². The van der Waals surface area contributed by atoms with Crippen LogP contribution in [0.2, 0.25) is 0 Å². The fraction of sp³-hybridized carbons (Fsp3) is 0.474. The fourth-order valence-corrected chi connectivity index (χ4v) is 3.29. The van der Waals surface area contributed by atoms with Crippen LogP contribution in [-0.4, -0.2) is 39.8 Å². The normalized spacial score (nSPS) is 19.5. The van der Waals surface area contributed by atoms with Gasteiger partial charge in [-0.15, -0.1) is 0 Å². The molecule has 0 saturated carbocycles. The summed E-state index contributed by atoms with van der Waals surface area (Å²) in [6, 6.07) is 10.5. The van der Waals surface area contributed by atoms with Gasteiger partial charge in [0.25, 0.3) is 0 Å². The van der Waals surface area contributed by atoms with E-state index in [1.807, 2.05) is 30.0 Å². The van der Waals surface area contributed by atoms with Crippen molar-refractivity contribution in [2.75, 3.05) is 13.1 Å². The Morgan fingerprint density at radius 1 is 1.25 bits per heavy atom. The molecule has 1 aliphatic rings. The lowest BCUT2D eigenvalue weighted by molar-refractivity contribution is -0.133. The highest BCUT2D eigenvalue weighted by atomic mass is 16.3. The molecule has 0 radical (unpaired) electrons. The van der Waals surface area contributed by atoms with E-state index in [2.05, 4.69) is 28.9 Å². The quantitative estimate of drug-likeness (QED) is 0.847. The Morgan fingerprint density at radius 2 is 2.04 bits per heavy atom. The molecule has 1 unspecified atom stereocenters. The van der Waals surface area contributed by atoms with Crippen molar-refractivity contribution in [2.24, 2.45) is 0 Å². The van der Waals surface area contributed by atoms with Crippen molar-refractivity contribution in [3.05, 3.63) is 53.7 Å². The van der Waals surface area contributed by atoms with Crippen LogP contribution >= 0.6 is 0 Å². The van der Waals surface area contributed by atoms with E-state index in [1.54, 1.807) is 6.26 Å². The van der Waals surface area contributed by atoms with E-state index in [9.17, 15) is 4.79 Å². The number of nitrogens with zero attached hydrogens (tertiary/aromatic N) is 3. The maximum atomic E-state index is 12.7. The van der Waals surface area contributed by atoms with E-state index >= 15 is 0 Å². The highest BCUT2D eigenvalue weighted by molar-refractivity contribution is 5.77. The highest BCUT2D eigenvalue weighted by Gasteiger charge is 2.28. The van der Waals surface area contributed by atoms with Crippen LogP contribution in [-0.2, 0) is 17.9 Å². The third-order valence-corrected chi connectivity index (χ3v) is 4.59. The first kappa shape index (κ1) is 16.7. The molecule has 0 spiro atoms. The lowest BCUT2D eigenvalue weighted by atomic mass is 10.1. The summed E-state index contributed by atoms with van der Waals surface area (Å²) in [7, 11) is 0. The number of amides is 1. The van der Waals surface area contributed by atoms with Crippen molar-refractivity contribution >= 4 is 5.91 Å². The molecule has 2 heterocycles. The molecule has 1 atom stereocenters. The summed E-state index contributed by atoms with van der Waals surface area (Å²) in [6.45, 7) is 7.08. The zero-order chi connectivity index (χ0) is 16.9. The Labute approximate surface area is 143 Å². The molecule has 128 valence electrons. The van der Waals surface area contributed by atoms with Crippen molar-refractivity contribution in [2.45, 2.75) is 45.8 Å². The Kier molecular flexibility index (Phi) is 5.30. The van der Waals surface area contributed by atoms with E-state index < -0.39 is 0 Å². The maximum Gasteiger partial charge on any atom is 0.224 e. The number of rotatable bonds is 5. The summed E-state index contributed by atoms with van der Waals surface area (Å²) in [4.78, 5) is 21.4. The molecule has 5 heteroatoms. The lowest BCUT2D eigenvalue weighted by Gasteiger charge is -2.31. The molecule has 5 nitrogen and oxygen atoms in total. The fourth-order valence-electron chi connectivity index (χ4n) is 3.29. The van der Waals surface area contributed by atoms with Crippen LogP contribution < -0.4 is 0 Å². The third-order valence-electron chi connectivity index (χ3n) is 4.59. The standard InChI is InChI=1S/C19H25N3O2/c1-3-18-13-21(12-17-14-24-15(2)20-17)10-9-19(23)22(18)11-16-7-5-4-6-8-16/h4-8,14,18H,3,9-13H2,1-2H3. The molecule has 1 fully saturated rings. The van der Waals surface area contributed by atoms with Crippen molar-refractivity contribution < 1.29 is 9.21 Å². The second-order valence-corrected chi connectivity index (χ2v) is 6.41. The van der Waals surface area contributed by atoms with Crippen LogP contribution in [0.4, 0.5) is 0 Å². The van der Waals surface area contributed by atoms with Crippen molar-refractivity contribution in [1.29, 1.82) is 0 Å². The first-order valence-corrected chi connectivity index (χ1v) is 8.62. The summed E-state index contributed by atoms with van der Waals surface area (Å²) in [6.07, 6.45) is 3.22. The van der Waals surface area contributed by atoms with Crippen LogP contribution in [0.15, 0.2) is 41.0 Å². The summed E-state index contributed by atoms with van der Waals surface area (Å²) in [5.74, 6) is 0.929. The largest absolute Gasteiger partial charge is 0.449 e. The van der Waals surface area contributed by atoms with Crippen LogP contribution in [0, 0.1) is 6.92 Å². The van der Waals surface area contributed by atoms with Crippen LogP contribution in [0.25, 0.3) is 0 Å². The number of benzene rings is 1. The van der Waals surface area contributed by atoms with E-state index in [1.165, 1.54) is 5.56 Å². The molecule has 0 aliphatic carbocycles. The highest BCUT2D eigenvalue weighted by Crippen LogP contribution is 2.19. The van der Waals surface area contributed by atoms with Crippen LogP contribution in [0.5, 0.6) is 0 Å². The molecular formula is C19H25N3O2. The average Bonchev–Trinajstić information content (AvgIpc) is 2.94. The Bertz CT molecular complexity index is 668. The van der Waals surface area contributed by atoms with E-state index in [0.717, 1.165) is 31.7 Å². The number of aryl methyl sites for hydroxylation is 1. The monoisotopic (exact) mass is 327 g/mol. The predicted molar refractivity (Wildman–Crippen MR) is 92.2 cm³/mol. The van der Waals surface area contributed by atoms with Gasteiger partial charge in [0, 0.05) is 45.6 Å². The van der Waals surface area contributed by atoms with Gasteiger partial charge < -0.3 is 9.32 Å². The SMILES string of the molecule is CCC1CN(Cc2coc(C)n2)CCC(=O)N1Cc1ccccc1. The summed E-state index contributed by atoms with van der Waals surface area (Å²) < 4.78 is 5.30. The first-order chi connectivity index (χ1) is 11.7. The molecule has 1 amide bonds. The second kappa shape index (κ2) is 7.62. The van der Waals surface area contributed by atoms with Gasteiger partial charge in [-0.2, -0.15) is 0 Å². The molecule has 2 aromatic rings. The maximum absolute atomic E-state index is 12.7. The van der Waals surface area contributed by atoms with Gasteiger partial charge in [0.05, 0.1) is 5.69 Å². The molecule has 0 N–H and O–H groups in total. The van der Waals surface area contributed by atoms with E-state index in [-0.39, 0.29) is 11.9 Å². The van der Waals surface area contributed by atoms with Gasteiger partial charge in [-0.1, -0.05) is 37.3 Å². The summed E-state index contributed by atoms with van der Waals surface area (Å²) in [5, 5.41) is 0.